The number of fused-ring (bicyclic) bond motifs is 1. The van der Waals surface area contributed by atoms with Gasteiger partial charge in [-0.2, -0.15) is 0 Å². The summed E-state index contributed by atoms with van der Waals surface area (Å²) >= 11 is 0. The molecule has 124 valence electrons. The van der Waals surface area contributed by atoms with Crippen LogP contribution >= 0.6 is 0 Å². The number of likely N-dealkylation sites (N-methyl/N-ethyl adjacent to an activating group) is 1. The van der Waals surface area contributed by atoms with Crippen molar-refractivity contribution in [2.45, 2.75) is 19.9 Å². The van der Waals surface area contributed by atoms with Crippen molar-refractivity contribution in [1.29, 1.82) is 0 Å². The molecule has 2 aromatic carbocycles. The standard InChI is InChI=1S/C20H21NO3/c1-3-23-17-9-6-7-15(11-17)14-21(2)20(22)13-18-12-16-8-4-5-10-19(16)24-18/h4-12H,3,13-14H2,1-2H3. The lowest BCUT2D eigenvalue weighted by molar-refractivity contribution is -0.129. The minimum Gasteiger partial charge on any atom is -0.494 e. The van der Waals surface area contributed by atoms with Crippen molar-refractivity contribution in [3.8, 4) is 5.75 Å². The molecule has 1 aromatic heterocycles. The van der Waals surface area contributed by atoms with Gasteiger partial charge in [-0.05, 0) is 36.8 Å². The summed E-state index contributed by atoms with van der Waals surface area (Å²) in [4.78, 5) is 14.1. The number of para-hydroxylation sites is 1. The van der Waals surface area contributed by atoms with Crippen LogP contribution in [0.1, 0.15) is 18.2 Å². The second-order valence-electron chi connectivity index (χ2n) is 5.76. The fourth-order valence-corrected chi connectivity index (χ4v) is 2.67. The first-order valence-corrected chi connectivity index (χ1v) is 8.09. The quantitative estimate of drug-likeness (QED) is 0.688. The van der Waals surface area contributed by atoms with E-state index >= 15 is 0 Å². The van der Waals surface area contributed by atoms with Crippen molar-refractivity contribution in [2.75, 3.05) is 13.7 Å². The van der Waals surface area contributed by atoms with Crippen LogP contribution in [0.25, 0.3) is 11.0 Å². The molecule has 4 nitrogen and oxygen atoms in total. The molecule has 0 atom stereocenters. The largest absolute Gasteiger partial charge is 0.494 e. The monoisotopic (exact) mass is 323 g/mol. The topological polar surface area (TPSA) is 42.7 Å². The van der Waals surface area contributed by atoms with Gasteiger partial charge in [0.25, 0.3) is 0 Å². The van der Waals surface area contributed by atoms with Gasteiger partial charge in [-0.25, -0.2) is 0 Å². The second-order valence-corrected chi connectivity index (χ2v) is 5.76. The average Bonchev–Trinajstić information content (AvgIpc) is 2.97. The molecule has 24 heavy (non-hydrogen) atoms. The van der Waals surface area contributed by atoms with Crippen LogP contribution in [0.3, 0.4) is 0 Å². The van der Waals surface area contributed by atoms with Crippen molar-refractivity contribution >= 4 is 16.9 Å². The van der Waals surface area contributed by atoms with Crippen LogP contribution in [0.2, 0.25) is 0 Å². The van der Waals surface area contributed by atoms with Crippen LogP contribution < -0.4 is 4.74 Å². The Kier molecular flexibility index (Phi) is 4.85. The lowest BCUT2D eigenvalue weighted by Crippen LogP contribution is -2.27. The van der Waals surface area contributed by atoms with Gasteiger partial charge in [0.05, 0.1) is 13.0 Å². The van der Waals surface area contributed by atoms with Crippen LogP contribution in [0.15, 0.2) is 59.0 Å². The highest BCUT2D eigenvalue weighted by molar-refractivity contribution is 5.82. The van der Waals surface area contributed by atoms with Crippen LogP contribution in [0.4, 0.5) is 0 Å². The summed E-state index contributed by atoms with van der Waals surface area (Å²) in [6.07, 6.45) is 0.260. The third-order valence-corrected chi connectivity index (χ3v) is 3.86. The molecule has 0 fully saturated rings. The van der Waals surface area contributed by atoms with Crippen LogP contribution in [0.5, 0.6) is 5.75 Å². The minimum atomic E-state index is 0.0240. The molecule has 0 saturated carbocycles. The lowest BCUT2D eigenvalue weighted by Gasteiger charge is -2.17. The zero-order valence-electron chi connectivity index (χ0n) is 14.0. The Bertz CT molecular complexity index is 805. The Balaban J connectivity index is 1.65. The molecule has 3 aromatic rings. The highest BCUT2D eigenvalue weighted by Gasteiger charge is 2.13. The first-order valence-electron chi connectivity index (χ1n) is 8.09. The predicted molar refractivity (Wildman–Crippen MR) is 94.0 cm³/mol. The number of hydrogen-bond acceptors (Lipinski definition) is 3. The molecule has 4 heteroatoms. The zero-order valence-corrected chi connectivity index (χ0v) is 14.0. The molecule has 1 amide bonds. The predicted octanol–water partition coefficient (Wildman–Crippen LogP) is 4.03. The summed E-state index contributed by atoms with van der Waals surface area (Å²) in [7, 11) is 1.80. The maximum atomic E-state index is 12.4. The number of benzene rings is 2. The molecule has 0 radical (unpaired) electrons. The third kappa shape index (κ3) is 3.77. The second kappa shape index (κ2) is 7.21. The number of carbonyl (C=O) groups is 1. The normalized spacial score (nSPS) is 10.8. The molecule has 0 aliphatic rings. The first kappa shape index (κ1) is 16.1. The number of amides is 1. The Labute approximate surface area is 141 Å². The van der Waals surface area contributed by atoms with Gasteiger partial charge in [0.15, 0.2) is 0 Å². The SMILES string of the molecule is CCOc1cccc(CN(C)C(=O)Cc2cc3ccccc3o2)c1. The lowest BCUT2D eigenvalue weighted by atomic mass is 10.2. The van der Waals surface area contributed by atoms with E-state index in [4.69, 9.17) is 9.15 Å². The third-order valence-electron chi connectivity index (χ3n) is 3.86. The fourth-order valence-electron chi connectivity index (χ4n) is 2.67. The summed E-state index contributed by atoms with van der Waals surface area (Å²) in [5.74, 6) is 1.54. The Morgan fingerprint density at radius 1 is 1.12 bits per heavy atom. The molecule has 0 bridgehead atoms. The average molecular weight is 323 g/mol. The molecule has 0 aliphatic heterocycles. The Hall–Kier alpha value is -2.75. The molecule has 0 N–H and O–H groups in total. The summed E-state index contributed by atoms with van der Waals surface area (Å²) in [5, 5.41) is 1.02. The van der Waals surface area contributed by atoms with Gasteiger partial charge in [0.2, 0.25) is 5.91 Å². The van der Waals surface area contributed by atoms with E-state index in [-0.39, 0.29) is 12.3 Å². The highest BCUT2D eigenvalue weighted by atomic mass is 16.5. The molecule has 0 spiro atoms. The number of ether oxygens (including phenoxy) is 1. The van der Waals surface area contributed by atoms with Gasteiger partial charge in [-0.3, -0.25) is 4.79 Å². The van der Waals surface area contributed by atoms with E-state index in [0.29, 0.717) is 18.9 Å². The Morgan fingerprint density at radius 3 is 2.75 bits per heavy atom. The van der Waals surface area contributed by atoms with Gasteiger partial charge in [-0.1, -0.05) is 30.3 Å². The highest BCUT2D eigenvalue weighted by Crippen LogP contribution is 2.20. The Morgan fingerprint density at radius 2 is 1.96 bits per heavy atom. The molecule has 0 unspecified atom stereocenters. The van der Waals surface area contributed by atoms with Gasteiger partial charge in [0, 0.05) is 19.0 Å². The number of rotatable bonds is 6. The minimum absolute atomic E-state index is 0.0240. The van der Waals surface area contributed by atoms with E-state index in [1.165, 1.54) is 0 Å². The van der Waals surface area contributed by atoms with Gasteiger partial charge in [-0.15, -0.1) is 0 Å². The summed E-state index contributed by atoms with van der Waals surface area (Å²) in [6, 6.07) is 17.5. The zero-order chi connectivity index (χ0) is 16.9. The van der Waals surface area contributed by atoms with E-state index in [1.54, 1.807) is 11.9 Å². The van der Waals surface area contributed by atoms with E-state index < -0.39 is 0 Å². The number of furan rings is 1. The summed E-state index contributed by atoms with van der Waals surface area (Å²) in [6.45, 7) is 3.12. The molecular formula is C20H21NO3. The first-order chi connectivity index (χ1) is 11.7. The smallest absolute Gasteiger partial charge is 0.230 e. The van der Waals surface area contributed by atoms with Gasteiger partial charge < -0.3 is 14.1 Å². The number of hydrogen-bond donors (Lipinski definition) is 0. The molecule has 1 heterocycles. The van der Waals surface area contributed by atoms with E-state index in [0.717, 1.165) is 22.3 Å². The van der Waals surface area contributed by atoms with Crippen LogP contribution in [-0.2, 0) is 17.8 Å². The molecule has 0 saturated heterocycles. The van der Waals surface area contributed by atoms with Gasteiger partial charge in [0.1, 0.15) is 17.1 Å². The van der Waals surface area contributed by atoms with Crippen molar-refractivity contribution in [3.63, 3.8) is 0 Å². The maximum Gasteiger partial charge on any atom is 0.230 e. The number of nitrogens with zero attached hydrogens (tertiary/aromatic N) is 1. The van der Waals surface area contributed by atoms with Crippen molar-refractivity contribution in [3.05, 3.63) is 65.9 Å². The number of carbonyl (C=O) groups excluding carboxylic acids is 1. The van der Waals surface area contributed by atoms with Crippen molar-refractivity contribution in [1.82, 2.24) is 4.90 Å². The van der Waals surface area contributed by atoms with Crippen LogP contribution in [-0.4, -0.2) is 24.5 Å². The van der Waals surface area contributed by atoms with Crippen molar-refractivity contribution < 1.29 is 13.9 Å². The van der Waals surface area contributed by atoms with E-state index in [2.05, 4.69) is 0 Å². The molecular weight excluding hydrogens is 302 g/mol. The van der Waals surface area contributed by atoms with Crippen molar-refractivity contribution in [2.24, 2.45) is 0 Å². The molecule has 0 aliphatic carbocycles. The van der Waals surface area contributed by atoms with Gasteiger partial charge >= 0.3 is 0 Å². The van der Waals surface area contributed by atoms with E-state index in [9.17, 15) is 4.79 Å². The fraction of sp³-hybridized carbons (Fsp3) is 0.250. The summed E-state index contributed by atoms with van der Waals surface area (Å²) < 4.78 is 11.2. The van der Waals surface area contributed by atoms with E-state index in [1.807, 2.05) is 61.5 Å². The molecule has 3 rings (SSSR count). The maximum absolute atomic E-state index is 12.4. The van der Waals surface area contributed by atoms with Crippen LogP contribution in [0, 0.1) is 0 Å². The summed E-state index contributed by atoms with van der Waals surface area (Å²) in [5.41, 5.74) is 1.86.